The van der Waals surface area contributed by atoms with Gasteiger partial charge in [0.1, 0.15) is 5.54 Å². The molecule has 1 aromatic heterocycles. The molecule has 0 radical (unpaired) electrons. The summed E-state index contributed by atoms with van der Waals surface area (Å²) in [6, 6.07) is 2.87. The predicted molar refractivity (Wildman–Crippen MR) is 72.3 cm³/mol. The van der Waals surface area contributed by atoms with E-state index >= 15 is 0 Å². The summed E-state index contributed by atoms with van der Waals surface area (Å²) in [5.41, 5.74) is -0.677. The number of pyridine rings is 1. The number of nitrogens with zero attached hydrogens (tertiary/aromatic N) is 1. The van der Waals surface area contributed by atoms with Gasteiger partial charge in [0, 0.05) is 30.9 Å². The van der Waals surface area contributed by atoms with Crippen LogP contribution in [0, 0.1) is 0 Å². The number of amides is 2. The number of nitrogens with one attached hydrogen (secondary N) is 2. The number of carbonyl (C=O) groups excluding carboxylic acids is 2. The van der Waals surface area contributed by atoms with Gasteiger partial charge in [-0.2, -0.15) is 0 Å². The largest absolute Gasteiger partial charge is 0.354 e. The van der Waals surface area contributed by atoms with E-state index in [4.69, 9.17) is 0 Å². The molecule has 106 valence electrons. The first-order chi connectivity index (χ1) is 9.63. The van der Waals surface area contributed by atoms with Gasteiger partial charge in [0.05, 0.1) is 0 Å². The summed E-state index contributed by atoms with van der Waals surface area (Å²) in [7, 11) is 0. The molecule has 6 nitrogen and oxygen atoms in total. The molecule has 3 rings (SSSR count). The number of likely N-dealkylation sites (tertiary alicyclic amines) is 1. The van der Waals surface area contributed by atoms with Crippen molar-refractivity contribution < 1.29 is 9.59 Å². The van der Waals surface area contributed by atoms with Gasteiger partial charge in [0.25, 0.3) is 5.91 Å². The van der Waals surface area contributed by atoms with Crippen molar-refractivity contribution in [3.8, 4) is 0 Å². The number of carbonyl (C=O) groups is 2. The third-order valence-corrected chi connectivity index (χ3v) is 4.23. The molecule has 1 atom stereocenters. The van der Waals surface area contributed by atoms with Crippen LogP contribution in [0.1, 0.15) is 36.0 Å². The first-order valence-electron chi connectivity index (χ1n) is 6.92. The van der Waals surface area contributed by atoms with Crippen molar-refractivity contribution in [2.45, 2.75) is 31.2 Å². The minimum Gasteiger partial charge on any atom is -0.354 e. The maximum Gasteiger partial charge on any atom is 0.255 e. The smallest absolute Gasteiger partial charge is 0.255 e. The average Bonchev–Trinajstić information content (AvgIpc) is 2.86. The fraction of sp³-hybridized carbons (Fsp3) is 0.500. The highest BCUT2D eigenvalue weighted by Gasteiger charge is 2.50. The van der Waals surface area contributed by atoms with E-state index in [1.807, 2.05) is 0 Å². The fourth-order valence-corrected chi connectivity index (χ4v) is 3.26. The monoisotopic (exact) mass is 275 g/mol. The van der Waals surface area contributed by atoms with Crippen LogP contribution in [-0.4, -0.2) is 40.3 Å². The van der Waals surface area contributed by atoms with Crippen LogP contribution in [0.4, 0.5) is 0 Å². The molecule has 2 saturated heterocycles. The number of hydrogen-bond acceptors (Lipinski definition) is 3. The molecule has 20 heavy (non-hydrogen) atoms. The summed E-state index contributed by atoms with van der Waals surface area (Å²) in [6.45, 7) is 1.24. The molecule has 2 amide bonds. The van der Waals surface area contributed by atoms with Crippen molar-refractivity contribution in [3.63, 3.8) is 0 Å². The van der Waals surface area contributed by atoms with Crippen molar-refractivity contribution in [3.05, 3.63) is 34.2 Å². The summed E-state index contributed by atoms with van der Waals surface area (Å²) < 4.78 is 0. The predicted octanol–water partition coefficient (Wildman–Crippen LogP) is 0.260. The second-order valence-electron chi connectivity index (χ2n) is 5.39. The van der Waals surface area contributed by atoms with Gasteiger partial charge in [-0.25, -0.2) is 0 Å². The Hall–Kier alpha value is -2.11. The first kappa shape index (κ1) is 12.9. The number of rotatable bonds is 1. The lowest BCUT2D eigenvalue weighted by Crippen LogP contribution is -2.60. The van der Waals surface area contributed by atoms with Gasteiger partial charge in [-0.05, 0) is 31.7 Å². The van der Waals surface area contributed by atoms with Gasteiger partial charge in [-0.1, -0.05) is 0 Å². The summed E-state index contributed by atoms with van der Waals surface area (Å²) in [5.74, 6) is -0.287. The Bertz CT molecular complexity index is 610. The van der Waals surface area contributed by atoms with Crippen LogP contribution in [0.15, 0.2) is 23.1 Å². The van der Waals surface area contributed by atoms with Crippen LogP contribution in [0.5, 0.6) is 0 Å². The number of hydrogen-bond donors (Lipinski definition) is 2. The zero-order valence-electron chi connectivity index (χ0n) is 11.1. The Morgan fingerprint density at radius 3 is 2.80 bits per heavy atom. The van der Waals surface area contributed by atoms with E-state index in [1.165, 1.54) is 12.3 Å². The Morgan fingerprint density at radius 2 is 2.05 bits per heavy atom. The molecule has 0 aromatic carbocycles. The molecule has 2 N–H and O–H groups in total. The molecule has 2 aliphatic rings. The van der Waals surface area contributed by atoms with Crippen LogP contribution >= 0.6 is 0 Å². The summed E-state index contributed by atoms with van der Waals surface area (Å²) in [6.07, 6.45) is 4.56. The van der Waals surface area contributed by atoms with Crippen LogP contribution in [-0.2, 0) is 4.79 Å². The first-order valence-corrected chi connectivity index (χ1v) is 6.92. The second-order valence-corrected chi connectivity index (χ2v) is 5.39. The van der Waals surface area contributed by atoms with Crippen molar-refractivity contribution in [1.29, 1.82) is 0 Å². The number of H-pyrrole nitrogens is 1. The zero-order valence-corrected chi connectivity index (χ0v) is 11.1. The summed E-state index contributed by atoms with van der Waals surface area (Å²) in [4.78, 5) is 40.3. The van der Waals surface area contributed by atoms with Gasteiger partial charge >= 0.3 is 0 Å². The van der Waals surface area contributed by atoms with E-state index in [2.05, 4.69) is 10.3 Å². The van der Waals surface area contributed by atoms with Crippen molar-refractivity contribution in [2.24, 2.45) is 0 Å². The van der Waals surface area contributed by atoms with Crippen LogP contribution in [0.25, 0.3) is 0 Å². The Morgan fingerprint density at radius 1 is 1.25 bits per heavy atom. The molecule has 6 heteroatoms. The maximum absolute atomic E-state index is 12.6. The molecule has 2 fully saturated rings. The van der Waals surface area contributed by atoms with Gasteiger partial charge in [-0.3, -0.25) is 14.4 Å². The quantitative estimate of drug-likeness (QED) is 0.771. The van der Waals surface area contributed by atoms with Crippen LogP contribution < -0.4 is 10.9 Å². The molecule has 0 saturated carbocycles. The molecule has 1 spiro atoms. The second kappa shape index (κ2) is 4.77. The summed E-state index contributed by atoms with van der Waals surface area (Å²) in [5, 5.41) is 2.86. The fourth-order valence-electron chi connectivity index (χ4n) is 3.26. The van der Waals surface area contributed by atoms with E-state index in [9.17, 15) is 14.4 Å². The van der Waals surface area contributed by atoms with Crippen LogP contribution in [0.3, 0.4) is 0 Å². The van der Waals surface area contributed by atoms with Gasteiger partial charge < -0.3 is 15.2 Å². The third kappa shape index (κ3) is 1.92. The Kier molecular flexibility index (Phi) is 3.08. The molecule has 2 aliphatic heterocycles. The highest BCUT2D eigenvalue weighted by molar-refractivity contribution is 5.99. The molecule has 0 aliphatic carbocycles. The minimum absolute atomic E-state index is 0.0561. The Balaban J connectivity index is 1.94. The number of aromatic nitrogens is 1. The van der Waals surface area contributed by atoms with E-state index in [0.29, 0.717) is 31.5 Å². The Labute approximate surface area is 116 Å². The van der Waals surface area contributed by atoms with Gasteiger partial charge in [0.15, 0.2) is 0 Å². The topological polar surface area (TPSA) is 82.3 Å². The summed E-state index contributed by atoms with van der Waals surface area (Å²) >= 11 is 0. The SMILES string of the molecule is O=C(c1cc[nH]c(=O)c1)N1CCCC12CCCNC2=O. The standard InChI is InChI=1S/C14H17N3O3/c18-11-9-10(3-7-15-11)12(19)17-8-2-5-14(17)4-1-6-16-13(14)20/h3,7,9H,1-2,4-6,8H2,(H,15,18)(H,16,20). The lowest BCUT2D eigenvalue weighted by Gasteiger charge is -2.40. The van der Waals surface area contributed by atoms with Crippen molar-refractivity contribution in [1.82, 2.24) is 15.2 Å². The van der Waals surface area contributed by atoms with E-state index in [-0.39, 0.29) is 17.4 Å². The maximum atomic E-state index is 12.6. The molecule has 1 unspecified atom stereocenters. The van der Waals surface area contributed by atoms with E-state index in [1.54, 1.807) is 11.0 Å². The molecule has 3 heterocycles. The van der Waals surface area contributed by atoms with Crippen molar-refractivity contribution in [2.75, 3.05) is 13.1 Å². The average molecular weight is 275 g/mol. The van der Waals surface area contributed by atoms with Gasteiger partial charge in [0.2, 0.25) is 11.5 Å². The lowest BCUT2D eigenvalue weighted by molar-refractivity contribution is -0.133. The number of piperidine rings is 1. The zero-order chi connectivity index (χ0) is 14.2. The lowest BCUT2D eigenvalue weighted by atomic mass is 9.86. The number of aromatic amines is 1. The van der Waals surface area contributed by atoms with E-state index < -0.39 is 5.54 Å². The third-order valence-electron chi connectivity index (χ3n) is 4.23. The molecule has 0 bridgehead atoms. The molecular formula is C14H17N3O3. The molecular weight excluding hydrogens is 258 g/mol. The minimum atomic E-state index is -0.710. The normalized spacial score (nSPS) is 25.8. The molecule has 1 aromatic rings. The van der Waals surface area contributed by atoms with Gasteiger partial charge in [-0.15, -0.1) is 0 Å². The van der Waals surface area contributed by atoms with Crippen molar-refractivity contribution >= 4 is 11.8 Å². The van der Waals surface area contributed by atoms with E-state index in [0.717, 1.165) is 12.8 Å². The highest BCUT2D eigenvalue weighted by Crippen LogP contribution is 2.36. The highest BCUT2D eigenvalue weighted by atomic mass is 16.2. The van der Waals surface area contributed by atoms with Crippen LogP contribution in [0.2, 0.25) is 0 Å².